The number of quaternary nitrogens is 1. The molecule has 0 radical (unpaired) electrons. The van der Waals surface area contributed by atoms with Gasteiger partial charge in [-0.15, -0.1) is 0 Å². The highest BCUT2D eigenvalue weighted by Gasteiger charge is 2.11. The molecule has 0 spiro atoms. The van der Waals surface area contributed by atoms with Crippen molar-refractivity contribution in [3.63, 3.8) is 0 Å². The van der Waals surface area contributed by atoms with E-state index in [0.717, 1.165) is 6.42 Å². The summed E-state index contributed by atoms with van der Waals surface area (Å²) in [6.45, 7) is 4.67. The van der Waals surface area contributed by atoms with E-state index < -0.39 is 0 Å². The first-order chi connectivity index (χ1) is 8.93. The third kappa shape index (κ3) is 8.93. The van der Waals surface area contributed by atoms with Crippen LogP contribution in [0, 0.1) is 0 Å². The molecule has 0 aromatic rings. The SMILES string of the molecule is OCCCCCCCCCCC[NH+]1CCCCC1. The third-order valence-corrected chi connectivity index (χ3v) is 4.25. The van der Waals surface area contributed by atoms with Gasteiger partial charge in [0.25, 0.3) is 0 Å². The average Bonchev–Trinajstić information content (AvgIpc) is 2.42. The smallest absolute Gasteiger partial charge is 0.0770 e. The Labute approximate surface area is 114 Å². The highest BCUT2D eigenvalue weighted by molar-refractivity contribution is 4.49. The number of aliphatic hydroxyl groups is 1. The second kappa shape index (κ2) is 12.0. The molecule has 0 amide bonds. The van der Waals surface area contributed by atoms with Crippen molar-refractivity contribution in [2.75, 3.05) is 26.2 Å². The van der Waals surface area contributed by atoms with E-state index in [2.05, 4.69) is 0 Å². The lowest BCUT2D eigenvalue weighted by molar-refractivity contribution is -0.905. The highest BCUT2D eigenvalue weighted by atomic mass is 16.2. The van der Waals surface area contributed by atoms with Gasteiger partial charge in [-0.25, -0.2) is 0 Å². The van der Waals surface area contributed by atoms with Crippen LogP contribution in [-0.2, 0) is 0 Å². The Morgan fingerprint density at radius 1 is 0.611 bits per heavy atom. The second-order valence-corrected chi connectivity index (χ2v) is 5.97. The predicted molar refractivity (Wildman–Crippen MR) is 78.1 cm³/mol. The summed E-state index contributed by atoms with van der Waals surface area (Å²) in [6.07, 6.45) is 16.5. The molecule has 2 N–H and O–H groups in total. The quantitative estimate of drug-likeness (QED) is 0.546. The molecule has 18 heavy (non-hydrogen) atoms. The first-order valence-corrected chi connectivity index (χ1v) is 8.38. The zero-order chi connectivity index (χ0) is 12.9. The van der Waals surface area contributed by atoms with E-state index in [1.807, 2.05) is 4.90 Å². The Hall–Kier alpha value is -0.0800. The van der Waals surface area contributed by atoms with E-state index in [1.165, 1.54) is 90.3 Å². The van der Waals surface area contributed by atoms with Crippen LogP contribution in [0.4, 0.5) is 0 Å². The molecule has 0 aromatic carbocycles. The van der Waals surface area contributed by atoms with E-state index in [9.17, 15) is 0 Å². The summed E-state index contributed by atoms with van der Waals surface area (Å²) in [6, 6.07) is 0. The summed E-state index contributed by atoms with van der Waals surface area (Å²) in [5.41, 5.74) is 0. The zero-order valence-electron chi connectivity index (χ0n) is 12.3. The number of hydrogen-bond acceptors (Lipinski definition) is 1. The van der Waals surface area contributed by atoms with Gasteiger partial charge in [-0.3, -0.25) is 0 Å². The van der Waals surface area contributed by atoms with Gasteiger partial charge in [0, 0.05) is 6.61 Å². The maximum Gasteiger partial charge on any atom is 0.0770 e. The number of unbranched alkanes of at least 4 members (excludes halogenated alkanes) is 8. The maximum atomic E-state index is 8.67. The van der Waals surface area contributed by atoms with E-state index in [4.69, 9.17) is 5.11 Å². The number of rotatable bonds is 11. The molecule has 1 aliphatic heterocycles. The molecular weight excluding hydrogens is 222 g/mol. The Morgan fingerprint density at radius 2 is 1.11 bits per heavy atom. The molecule has 108 valence electrons. The van der Waals surface area contributed by atoms with Gasteiger partial charge in [-0.1, -0.05) is 38.5 Å². The molecule has 0 unspecified atom stereocenters. The lowest BCUT2D eigenvalue weighted by Gasteiger charge is -2.23. The molecule has 0 atom stereocenters. The van der Waals surface area contributed by atoms with Crippen molar-refractivity contribution in [1.29, 1.82) is 0 Å². The highest BCUT2D eigenvalue weighted by Crippen LogP contribution is 2.09. The largest absolute Gasteiger partial charge is 0.396 e. The van der Waals surface area contributed by atoms with Crippen LogP contribution in [0.3, 0.4) is 0 Å². The molecule has 1 saturated heterocycles. The van der Waals surface area contributed by atoms with Crippen LogP contribution in [0.5, 0.6) is 0 Å². The Kier molecular flexibility index (Phi) is 10.6. The van der Waals surface area contributed by atoms with Gasteiger partial charge >= 0.3 is 0 Å². The minimum Gasteiger partial charge on any atom is -0.396 e. The van der Waals surface area contributed by atoms with Crippen LogP contribution in [-0.4, -0.2) is 31.3 Å². The fourth-order valence-corrected chi connectivity index (χ4v) is 3.03. The van der Waals surface area contributed by atoms with Crippen molar-refractivity contribution in [2.45, 2.75) is 77.0 Å². The molecular formula is C16H34NO+. The lowest BCUT2D eigenvalue weighted by atomic mass is 10.1. The van der Waals surface area contributed by atoms with Crippen molar-refractivity contribution < 1.29 is 10.0 Å². The van der Waals surface area contributed by atoms with Crippen LogP contribution >= 0.6 is 0 Å². The summed E-state index contributed by atoms with van der Waals surface area (Å²) < 4.78 is 0. The second-order valence-electron chi connectivity index (χ2n) is 5.97. The van der Waals surface area contributed by atoms with Gasteiger partial charge in [0.2, 0.25) is 0 Å². The summed E-state index contributed by atoms with van der Waals surface area (Å²) in [5.74, 6) is 0. The first kappa shape index (κ1) is 16.0. The van der Waals surface area contributed by atoms with Gasteiger partial charge in [-0.2, -0.15) is 0 Å². The topological polar surface area (TPSA) is 24.7 Å². The van der Waals surface area contributed by atoms with E-state index >= 15 is 0 Å². The minimum absolute atomic E-state index is 0.374. The molecule has 1 fully saturated rings. The monoisotopic (exact) mass is 256 g/mol. The lowest BCUT2D eigenvalue weighted by Crippen LogP contribution is -3.12. The van der Waals surface area contributed by atoms with Gasteiger partial charge in [0.05, 0.1) is 19.6 Å². The predicted octanol–water partition coefficient (Wildman–Crippen LogP) is 2.56. The van der Waals surface area contributed by atoms with E-state index in [1.54, 1.807) is 0 Å². The third-order valence-electron chi connectivity index (χ3n) is 4.25. The van der Waals surface area contributed by atoms with Gasteiger partial charge in [0.15, 0.2) is 0 Å². The molecule has 2 heteroatoms. The number of nitrogens with one attached hydrogen (secondary N) is 1. The first-order valence-electron chi connectivity index (χ1n) is 8.38. The van der Waals surface area contributed by atoms with Crippen molar-refractivity contribution in [2.24, 2.45) is 0 Å². The Morgan fingerprint density at radius 3 is 1.67 bits per heavy atom. The van der Waals surface area contributed by atoms with Gasteiger partial charge in [-0.05, 0) is 38.5 Å². The molecule has 0 saturated carbocycles. The number of piperidine rings is 1. The molecule has 0 bridgehead atoms. The van der Waals surface area contributed by atoms with E-state index in [-0.39, 0.29) is 0 Å². The standard InChI is InChI=1S/C16H33NO/c18-16-12-7-5-3-1-2-4-6-9-13-17-14-10-8-11-15-17/h18H,1-16H2/p+1. The van der Waals surface area contributed by atoms with E-state index in [0.29, 0.717) is 6.61 Å². The summed E-state index contributed by atoms with van der Waals surface area (Å²) >= 11 is 0. The number of likely N-dealkylation sites (tertiary alicyclic amines) is 1. The molecule has 1 heterocycles. The fraction of sp³-hybridized carbons (Fsp3) is 1.00. The minimum atomic E-state index is 0.374. The van der Waals surface area contributed by atoms with Gasteiger partial charge < -0.3 is 10.0 Å². The average molecular weight is 256 g/mol. The van der Waals surface area contributed by atoms with Crippen LogP contribution < -0.4 is 4.90 Å². The normalized spacial score (nSPS) is 17.2. The van der Waals surface area contributed by atoms with Gasteiger partial charge in [0.1, 0.15) is 0 Å². The summed E-state index contributed by atoms with van der Waals surface area (Å²) in [5, 5.41) is 8.67. The molecule has 1 rings (SSSR count). The van der Waals surface area contributed by atoms with Crippen molar-refractivity contribution in [1.82, 2.24) is 0 Å². The molecule has 0 aromatic heterocycles. The molecule has 1 aliphatic rings. The van der Waals surface area contributed by atoms with Crippen molar-refractivity contribution in [3.8, 4) is 0 Å². The van der Waals surface area contributed by atoms with Crippen LogP contribution in [0.1, 0.15) is 77.0 Å². The summed E-state index contributed by atoms with van der Waals surface area (Å²) in [7, 11) is 0. The number of aliphatic hydroxyl groups excluding tert-OH is 1. The Balaban J connectivity index is 1.73. The molecule has 2 nitrogen and oxygen atoms in total. The van der Waals surface area contributed by atoms with Crippen LogP contribution in [0.25, 0.3) is 0 Å². The van der Waals surface area contributed by atoms with Crippen molar-refractivity contribution >= 4 is 0 Å². The summed E-state index contributed by atoms with van der Waals surface area (Å²) in [4.78, 5) is 1.87. The Bertz CT molecular complexity index is 166. The van der Waals surface area contributed by atoms with Crippen molar-refractivity contribution in [3.05, 3.63) is 0 Å². The number of hydrogen-bond donors (Lipinski definition) is 2. The molecule has 0 aliphatic carbocycles. The van der Waals surface area contributed by atoms with Crippen LogP contribution in [0.2, 0.25) is 0 Å². The van der Waals surface area contributed by atoms with Crippen LogP contribution in [0.15, 0.2) is 0 Å². The zero-order valence-corrected chi connectivity index (χ0v) is 12.3. The fourth-order valence-electron chi connectivity index (χ4n) is 3.03. The maximum absolute atomic E-state index is 8.67.